The molecule has 0 unspecified atom stereocenters. The maximum Gasteiger partial charge on any atom is 0.269 e. The van der Waals surface area contributed by atoms with E-state index in [0.29, 0.717) is 18.5 Å². The number of nitro benzene ring substituents is 1. The second-order valence-corrected chi connectivity index (χ2v) is 9.56. The lowest BCUT2D eigenvalue weighted by atomic mass is 9.80. The largest absolute Gasteiger partial charge is 0.281 e. The van der Waals surface area contributed by atoms with Gasteiger partial charge in [-0.1, -0.05) is 59.8 Å². The van der Waals surface area contributed by atoms with Gasteiger partial charge in [0.25, 0.3) is 5.69 Å². The molecule has 0 saturated carbocycles. The molecule has 0 heterocycles. The summed E-state index contributed by atoms with van der Waals surface area (Å²) < 4.78 is 0. The Morgan fingerprint density at radius 1 is 1.03 bits per heavy atom. The first-order valence-corrected chi connectivity index (χ1v) is 10.2. The van der Waals surface area contributed by atoms with Gasteiger partial charge >= 0.3 is 0 Å². The van der Waals surface area contributed by atoms with Crippen LogP contribution in [0.25, 0.3) is 0 Å². The van der Waals surface area contributed by atoms with Crippen LogP contribution in [0.4, 0.5) is 17.1 Å². The number of non-ortho nitro benzene ring substituents is 1. The quantitative estimate of drug-likeness (QED) is 0.299. The third kappa shape index (κ3) is 5.35. The van der Waals surface area contributed by atoms with E-state index in [1.54, 1.807) is 23.1 Å². The Morgan fingerprint density at radius 2 is 1.63 bits per heavy atom. The number of nitrogens with zero attached hydrogens (tertiary/aromatic N) is 2. The summed E-state index contributed by atoms with van der Waals surface area (Å²) in [5, 5.41) is 11.1. The Bertz CT molecular complexity index is 932. The summed E-state index contributed by atoms with van der Waals surface area (Å²) in [6.45, 7) is 16.5. The van der Waals surface area contributed by atoms with Crippen LogP contribution in [0.1, 0.15) is 65.5 Å². The topological polar surface area (TPSA) is 63.5 Å². The molecule has 0 aliphatic heterocycles. The molecule has 0 N–H and O–H groups in total. The highest BCUT2D eigenvalue weighted by Crippen LogP contribution is 2.39. The van der Waals surface area contributed by atoms with Crippen molar-refractivity contribution in [2.75, 3.05) is 4.90 Å². The molecule has 30 heavy (non-hydrogen) atoms. The van der Waals surface area contributed by atoms with Gasteiger partial charge in [0.2, 0.25) is 5.91 Å². The van der Waals surface area contributed by atoms with Gasteiger partial charge < -0.3 is 0 Å². The molecule has 160 valence electrons. The molecule has 0 atom stereocenters. The minimum atomic E-state index is -0.436. The van der Waals surface area contributed by atoms with Gasteiger partial charge in [0, 0.05) is 24.2 Å². The van der Waals surface area contributed by atoms with Crippen molar-refractivity contribution in [3.63, 3.8) is 0 Å². The van der Waals surface area contributed by atoms with Crippen LogP contribution in [0.2, 0.25) is 0 Å². The molecule has 0 aliphatic rings. The molecular formula is C25H32N2O3. The Kier molecular flexibility index (Phi) is 6.86. The molecule has 0 radical (unpaired) electrons. The standard InChI is InChI=1S/C25H32N2O3/c1-8-9-10-23(28)26(19-12-14-20(15-13-19)27(29)30)22-17-18(24(2,3)4)11-16-21(22)25(5,6)7/h8,11-17H,1,9-10H2,2-7H3. The lowest BCUT2D eigenvalue weighted by Crippen LogP contribution is -2.29. The van der Waals surface area contributed by atoms with Crippen LogP contribution >= 0.6 is 0 Å². The predicted octanol–water partition coefficient (Wildman–Crippen LogP) is 6.82. The van der Waals surface area contributed by atoms with Crippen molar-refractivity contribution in [2.24, 2.45) is 0 Å². The van der Waals surface area contributed by atoms with E-state index < -0.39 is 4.92 Å². The first kappa shape index (κ1) is 23.3. The van der Waals surface area contributed by atoms with E-state index in [4.69, 9.17) is 0 Å². The van der Waals surface area contributed by atoms with Crippen molar-refractivity contribution in [3.8, 4) is 0 Å². The molecule has 0 fully saturated rings. The normalized spacial score (nSPS) is 11.8. The third-order valence-corrected chi connectivity index (χ3v) is 5.04. The summed E-state index contributed by atoms with van der Waals surface area (Å²) in [6.07, 6.45) is 2.60. The van der Waals surface area contributed by atoms with Gasteiger partial charge in [-0.15, -0.1) is 6.58 Å². The van der Waals surface area contributed by atoms with E-state index in [1.165, 1.54) is 12.1 Å². The Balaban J connectivity index is 2.74. The summed E-state index contributed by atoms with van der Waals surface area (Å²) in [6, 6.07) is 12.4. The van der Waals surface area contributed by atoms with Crippen molar-refractivity contribution in [1.29, 1.82) is 0 Å². The fourth-order valence-electron chi connectivity index (χ4n) is 3.30. The molecule has 5 heteroatoms. The van der Waals surface area contributed by atoms with Crippen molar-refractivity contribution in [1.82, 2.24) is 0 Å². The summed E-state index contributed by atoms with van der Waals surface area (Å²) >= 11 is 0. The molecule has 2 aromatic rings. The van der Waals surface area contributed by atoms with Gasteiger partial charge in [0.15, 0.2) is 0 Å². The van der Waals surface area contributed by atoms with Gasteiger partial charge in [-0.05, 0) is 46.6 Å². The zero-order chi connectivity index (χ0) is 22.7. The zero-order valence-electron chi connectivity index (χ0n) is 18.9. The monoisotopic (exact) mass is 408 g/mol. The Labute approximate surface area is 179 Å². The molecule has 2 aromatic carbocycles. The van der Waals surface area contributed by atoms with E-state index in [1.807, 2.05) is 0 Å². The number of hydrogen-bond acceptors (Lipinski definition) is 3. The fourth-order valence-corrected chi connectivity index (χ4v) is 3.30. The van der Waals surface area contributed by atoms with Crippen LogP contribution < -0.4 is 4.90 Å². The minimum Gasteiger partial charge on any atom is -0.281 e. The molecule has 2 rings (SSSR count). The smallest absolute Gasteiger partial charge is 0.269 e. The van der Waals surface area contributed by atoms with Crippen LogP contribution in [0.3, 0.4) is 0 Å². The first-order valence-electron chi connectivity index (χ1n) is 10.2. The van der Waals surface area contributed by atoms with E-state index >= 15 is 0 Å². The third-order valence-electron chi connectivity index (χ3n) is 5.04. The molecular weight excluding hydrogens is 376 g/mol. The Hall–Kier alpha value is -2.95. The van der Waals surface area contributed by atoms with E-state index in [-0.39, 0.29) is 22.4 Å². The van der Waals surface area contributed by atoms with Crippen LogP contribution in [0.5, 0.6) is 0 Å². The first-order chi connectivity index (χ1) is 13.9. The number of benzene rings is 2. The average molecular weight is 409 g/mol. The molecule has 0 bridgehead atoms. The Morgan fingerprint density at radius 3 is 2.10 bits per heavy atom. The SMILES string of the molecule is C=CCCC(=O)N(c1ccc([N+](=O)[O-])cc1)c1cc(C(C)(C)C)ccc1C(C)(C)C. The summed E-state index contributed by atoms with van der Waals surface area (Å²) in [5.41, 5.74) is 3.32. The fraction of sp³-hybridized carbons (Fsp3) is 0.400. The number of rotatable bonds is 6. The van der Waals surface area contributed by atoms with Crippen LogP contribution in [0.15, 0.2) is 55.1 Å². The van der Waals surface area contributed by atoms with Crippen molar-refractivity contribution < 1.29 is 9.72 Å². The highest BCUT2D eigenvalue weighted by Gasteiger charge is 2.28. The number of hydrogen-bond donors (Lipinski definition) is 0. The molecule has 5 nitrogen and oxygen atoms in total. The predicted molar refractivity (Wildman–Crippen MR) is 124 cm³/mol. The number of nitro groups is 1. The second-order valence-electron chi connectivity index (χ2n) is 9.56. The maximum absolute atomic E-state index is 13.3. The lowest BCUT2D eigenvalue weighted by Gasteiger charge is -2.32. The zero-order valence-corrected chi connectivity index (χ0v) is 18.9. The minimum absolute atomic E-state index is 0.00303. The van der Waals surface area contributed by atoms with E-state index in [2.05, 4.69) is 66.3 Å². The van der Waals surface area contributed by atoms with Crippen molar-refractivity contribution in [3.05, 3.63) is 76.4 Å². The van der Waals surface area contributed by atoms with Crippen molar-refractivity contribution >= 4 is 23.0 Å². The van der Waals surface area contributed by atoms with Crippen LogP contribution in [-0.2, 0) is 15.6 Å². The molecule has 1 amide bonds. The van der Waals surface area contributed by atoms with Crippen LogP contribution in [-0.4, -0.2) is 10.8 Å². The summed E-state index contributed by atoms with van der Waals surface area (Å²) in [5.74, 6) is -0.0692. The molecule has 0 aromatic heterocycles. The highest BCUT2D eigenvalue weighted by atomic mass is 16.6. The van der Waals surface area contributed by atoms with Gasteiger partial charge in [-0.25, -0.2) is 0 Å². The van der Waals surface area contributed by atoms with E-state index in [0.717, 1.165) is 16.8 Å². The maximum atomic E-state index is 13.3. The van der Waals surface area contributed by atoms with Gasteiger partial charge in [-0.3, -0.25) is 19.8 Å². The van der Waals surface area contributed by atoms with Gasteiger partial charge in [-0.2, -0.15) is 0 Å². The molecule has 0 aliphatic carbocycles. The van der Waals surface area contributed by atoms with E-state index in [9.17, 15) is 14.9 Å². The lowest BCUT2D eigenvalue weighted by molar-refractivity contribution is -0.384. The number of allylic oxidation sites excluding steroid dienone is 1. The number of anilines is 2. The summed E-state index contributed by atoms with van der Waals surface area (Å²) in [7, 11) is 0. The number of carbonyl (C=O) groups is 1. The number of amides is 1. The van der Waals surface area contributed by atoms with Gasteiger partial charge in [0.1, 0.15) is 0 Å². The van der Waals surface area contributed by atoms with Crippen LogP contribution in [0, 0.1) is 10.1 Å². The molecule has 0 spiro atoms. The van der Waals surface area contributed by atoms with Crippen molar-refractivity contribution in [2.45, 2.75) is 65.2 Å². The number of carbonyl (C=O) groups excluding carboxylic acids is 1. The highest BCUT2D eigenvalue weighted by molar-refractivity contribution is 6.01. The van der Waals surface area contributed by atoms with Gasteiger partial charge in [0.05, 0.1) is 10.6 Å². The second kappa shape index (κ2) is 8.82. The molecule has 0 saturated heterocycles. The summed E-state index contributed by atoms with van der Waals surface area (Å²) in [4.78, 5) is 25.6. The average Bonchev–Trinajstić information content (AvgIpc) is 2.65.